The van der Waals surface area contributed by atoms with Crippen LogP contribution in [0.4, 0.5) is 4.79 Å². The molecule has 1 aromatic rings. The predicted octanol–water partition coefficient (Wildman–Crippen LogP) is 1.48. The first-order valence-electron chi connectivity index (χ1n) is 17.0. The van der Waals surface area contributed by atoms with E-state index in [4.69, 9.17) is 4.74 Å². The van der Waals surface area contributed by atoms with E-state index in [-0.39, 0.29) is 25.3 Å². The number of benzene rings is 1. The van der Waals surface area contributed by atoms with Crippen LogP contribution in [0.2, 0.25) is 0 Å². The number of sulfonamides is 1. The lowest BCUT2D eigenvalue weighted by Gasteiger charge is -2.35. The van der Waals surface area contributed by atoms with E-state index in [1.54, 1.807) is 0 Å². The van der Waals surface area contributed by atoms with Gasteiger partial charge in [-0.15, -0.1) is 6.58 Å². The van der Waals surface area contributed by atoms with Crippen molar-refractivity contribution in [3.63, 3.8) is 0 Å². The molecule has 2 aliphatic heterocycles. The molecule has 1 aromatic carbocycles. The molecule has 6 atom stereocenters. The molecule has 5 amide bonds. The highest BCUT2D eigenvalue weighted by Crippen LogP contribution is 2.45. The Morgan fingerprint density at radius 3 is 2.47 bits per heavy atom. The second kappa shape index (κ2) is 13.0. The van der Waals surface area contributed by atoms with Gasteiger partial charge in [0.25, 0.3) is 5.91 Å². The maximum atomic E-state index is 14.3. The minimum absolute atomic E-state index is 0.00886. The van der Waals surface area contributed by atoms with Gasteiger partial charge < -0.3 is 25.6 Å². The van der Waals surface area contributed by atoms with Crippen molar-refractivity contribution in [2.24, 2.45) is 17.3 Å². The fourth-order valence-electron chi connectivity index (χ4n) is 6.75. The van der Waals surface area contributed by atoms with E-state index in [0.29, 0.717) is 31.7 Å². The monoisotopic (exact) mass is 698 g/mol. The fraction of sp³-hybridized carbons (Fsp3) is 0.618. The van der Waals surface area contributed by atoms with Crippen molar-refractivity contribution in [2.45, 2.75) is 107 Å². The van der Waals surface area contributed by atoms with Crippen LogP contribution in [-0.4, -0.2) is 78.5 Å². The maximum absolute atomic E-state index is 14.3. The lowest BCUT2D eigenvalue weighted by molar-refractivity contribution is -0.144. The number of hydrogen-bond donors (Lipinski definition) is 5. The van der Waals surface area contributed by atoms with Crippen molar-refractivity contribution >= 4 is 39.7 Å². The first-order valence-corrected chi connectivity index (χ1v) is 18.5. The molecule has 3 saturated carbocycles. The summed E-state index contributed by atoms with van der Waals surface area (Å²) in [5.41, 5.74) is -0.441. The van der Waals surface area contributed by atoms with Crippen molar-refractivity contribution < 1.29 is 37.1 Å². The van der Waals surface area contributed by atoms with Gasteiger partial charge in [0.2, 0.25) is 27.7 Å². The molecule has 3 aliphatic carbocycles. The van der Waals surface area contributed by atoms with Crippen LogP contribution in [0.5, 0.6) is 0 Å². The number of carbonyl (C=O) groups excluding carboxylic acids is 5. The third-order valence-corrected chi connectivity index (χ3v) is 11.9. The summed E-state index contributed by atoms with van der Waals surface area (Å²) in [7, 11) is -3.89. The molecule has 4 fully saturated rings. The molecule has 266 valence electrons. The van der Waals surface area contributed by atoms with Crippen molar-refractivity contribution in [3.8, 4) is 0 Å². The van der Waals surface area contributed by atoms with Crippen LogP contribution >= 0.6 is 0 Å². The Kier molecular flexibility index (Phi) is 9.28. The highest BCUT2D eigenvalue weighted by molar-refractivity contribution is 7.91. The first-order chi connectivity index (χ1) is 23.1. The number of likely N-dealkylation sites (tertiary alicyclic amines) is 1. The third kappa shape index (κ3) is 7.62. The zero-order chi connectivity index (χ0) is 35.3. The minimum Gasteiger partial charge on any atom is -0.426 e. The summed E-state index contributed by atoms with van der Waals surface area (Å²) in [5.74, 6) is -2.52. The Hall–Kier alpha value is -3.98. The van der Waals surface area contributed by atoms with Gasteiger partial charge >= 0.3 is 6.09 Å². The number of hydrogen-bond acceptors (Lipinski definition) is 9. The van der Waals surface area contributed by atoms with Crippen LogP contribution in [-0.2, 0) is 40.5 Å². The predicted molar refractivity (Wildman–Crippen MR) is 178 cm³/mol. The maximum Gasteiger partial charge on any atom is 0.409 e. The number of carbonyl (C=O) groups is 5. The molecule has 2 heterocycles. The SMILES string of the molecule is C=CC1CC1(NC(=O)[C@@H]1C[C@@H](NC(=O)OC2NCc3ccccc32)CN1C(=O)[C@@H](NC(=O)CC1CC1)C(C)(C)C)C(=O)NS(=O)(=O)C1CC1. The van der Waals surface area contributed by atoms with E-state index < -0.39 is 80.3 Å². The molecule has 15 heteroatoms. The summed E-state index contributed by atoms with van der Waals surface area (Å²) in [6, 6.07) is 4.71. The van der Waals surface area contributed by atoms with Gasteiger partial charge in [0.15, 0.2) is 6.23 Å². The highest BCUT2D eigenvalue weighted by atomic mass is 32.2. The fourth-order valence-corrected chi connectivity index (χ4v) is 8.11. The zero-order valence-corrected chi connectivity index (χ0v) is 28.9. The molecule has 5 N–H and O–H groups in total. The quantitative estimate of drug-likeness (QED) is 0.201. The van der Waals surface area contributed by atoms with Crippen molar-refractivity contribution in [1.29, 1.82) is 0 Å². The Morgan fingerprint density at radius 1 is 1.12 bits per heavy atom. The number of nitrogens with one attached hydrogen (secondary N) is 5. The van der Waals surface area contributed by atoms with Gasteiger partial charge in [0, 0.05) is 31.0 Å². The standard InChI is InChI=1S/C34H46N6O8S/c1-5-21-16-34(21,31(44)39-49(46,47)23-12-13-23)38-28(42)25-15-22(36-32(45)48-29-24-9-7-6-8-20(24)17-35-29)18-40(25)30(43)27(33(2,3)4)37-26(41)14-19-10-11-19/h5-9,19,21-23,25,27,29,35H,1,10-18H2,2-4H3,(H,36,45)(H,37,41)(H,38,42)(H,39,44)/t21?,22-,25+,27-,29?,34?/m1/s1. The van der Waals surface area contributed by atoms with Gasteiger partial charge in [0.1, 0.15) is 17.6 Å². The molecule has 0 bridgehead atoms. The van der Waals surface area contributed by atoms with Crippen molar-refractivity contribution in [3.05, 3.63) is 48.0 Å². The molecular weight excluding hydrogens is 652 g/mol. The first kappa shape index (κ1) is 34.9. The van der Waals surface area contributed by atoms with Gasteiger partial charge in [-0.25, -0.2) is 13.2 Å². The normalized spacial score (nSPS) is 28.1. The Balaban J connectivity index is 1.20. The number of ether oxygens (including phenoxy) is 1. The molecule has 0 aromatic heterocycles. The molecule has 0 radical (unpaired) electrons. The van der Waals surface area contributed by atoms with E-state index in [1.807, 2.05) is 45.0 Å². The van der Waals surface area contributed by atoms with Crippen LogP contribution in [0.3, 0.4) is 0 Å². The van der Waals surface area contributed by atoms with Gasteiger partial charge in [0.05, 0.1) is 11.3 Å². The number of alkyl carbamates (subject to hydrolysis) is 1. The lowest BCUT2D eigenvalue weighted by Crippen LogP contribution is -2.60. The molecule has 3 unspecified atom stereocenters. The molecule has 14 nitrogen and oxygen atoms in total. The van der Waals surface area contributed by atoms with Crippen LogP contribution in [0.1, 0.15) is 83.1 Å². The van der Waals surface area contributed by atoms with E-state index >= 15 is 0 Å². The largest absolute Gasteiger partial charge is 0.426 e. The van der Waals surface area contributed by atoms with Gasteiger partial charge in [-0.3, -0.25) is 29.2 Å². The Labute approximate surface area is 286 Å². The summed E-state index contributed by atoms with van der Waals surface area (Å²) in [5, 5.41) is 10.9. The summed E-state index contributed by atoms with van der Waals surface area (Å²) >= 11 is 0. The number of nitrogens with zero attached hydrogens (tertiary/aromatic N) is 1. The second-order valence-electron chi connectivity index (χ2n) is 15.1. The van der Waals surface area contributed by atoms with Gasteiger partial charge in [-0.1, -0.05) is 51.1 Å². The Morgan fingerprint density at radius 2 is 1.84 bits per heavy atom. The highest BCUT2D eigenvalue weighted by Gasteiger charge is 2.62. The molecular formula is C34H46N6O8S. The van der Waals surface area contributed by atoms with Crippen molar-refractivity contribution in [2.75, 3.05) is 6.54 Å². The number of fused-ring (bicyclic) bond motifs is 1. The Bertz CT molecular complexity index is 1650. The average molecular weight is 699 g/mol. The van der Waals surface area contributed by atoms with Crippen LogP contribution < -0.4 is 26.0 Å². The molecule has 6 rings (SSSR count). The second-order valence-corrected chi connectivity index (χ2v) is 17.1. The number of amides is 5. The summed E-state index contributed by atoms with van der Waals surface area (Å²) in [4.78, 5) is 69.1. The molecule has 0 spiro atoms. The van der Waals surface area contributed by atoms with E-state index in [9.17, 15) is 32.4 Å². The lowest BCUT2D eigenvalue weighted by atomic mass is 9.85. The summed E-state index contributed by atoms with van der Waals surface area (Å²) < 4.78 is 33.0. The van der Waals surface area contributed by atoms with E-state index in [1.165, 1.54) is 11.0 Å². The van der Waals surface area contributed by atoms with Gasteiger partial charge in [-0.05, 0) is 55.4 Å². The van der Waals surface area contributed by atoms with Gasteiger partial charge in [-0.2, -0.15) is 0 Å². The summed E-state index contributed by atoms with van der Waals surface area (Å²) in [6.45, 7) is 9.66. The summed E-state index contributed by atoms with van der Waals surface area (Å²) in [6.07, 6.45) is 3.35. The molecule has 5 aliphatic rings. The van der Waals surface area contributed by atoms with Crippen LogP contribution in [0.15, 0.2) is 36.9 Å². The zero-order valence-electron chi connectivity index (χ0n) is 28.1. The number of rotatable bonds is 12. The van der Waals surface area contributed by atoms with E-state index in [0.717, 1.165) is 24.0 Å². The third-order valence-electron chi connectivity index (χ3n) is 10.1. The van der Waals surface area contributed by atoms with Crippen molar-refractivity contribution in [1.82, 2.24) is 30.9 Å². The minimum atomic E-state index is -3.89. The topological polar surface area (TPSA) is 192 Å². The molecule has 1 saturated heterocycles. The molecule has 49 heavy (non-hydrogen) atoms. The average Bonchev–Trinajstić information content (AvgIpc) is 3.96. The smallest absolute Gasteiger partial charge is 0.409 e. The van der Waals surface area contributed by atoms with Crippen LogP contribution in [0.25, 0.3) is 0 Å². The van der Waals surface area contributed by atoms with Crippen LogP contribution in [0, 0.1) is 17.3 Å². The van der Waals surface area contributed by atoms with E-state index in [2.05, 4.69) is 32.6 Å².